The Bertz CT molecular complexity index is 687. The molecule has 180 valence electrons. The van der Waals surface area contributed by atoms with Gasteiger partial charge < -0.3 is 20.2 Å². The Morgan fingerprint density at radius 3 is 1.88 bits per heavy atom. The van der Waals surface area contributed by atoms with Crippen LogP contribution in [0.5, 0.6) is 0 Å². The van der Waals surface area contributed by atoms with E-state index in [1.54, 1.807) is 4.90 Å². The molecule has 5 aliphatic rings. The Kier molecular flexibility index (Phi) is 6.52. The van der Waals surface area contributed by atoms with Crippen molar-refractivity contribution in [2.24, 2.45) is 23.7 Å². The highest BCUT2D eigenvalue weighted by molar-refractivity contribution is 5.88. The fraction of sp³-hybridized carbons (Fsp3) is 0.920. The molecule has 5 rings (SSSR count). The van der Waals surface area contributed by atoms with Gasteiger partial charge in [-0.05, 0) is 88.9 Å². The summed E-state index contributed by atoms with van der Waals surface area (Å²) in [5, 5.41) is 17.3. The van der Waals surface area contributed by atoms with E-state index in [1.807, 2.05) is 4.90 Å². The van der Waals surface area contributed by atoms with Crippen LogP contribution in [0.3, 0.4) is 0 Å². The van der Waals surface area contributed by atoms with Crippen molar-refractivity contribution in [2.45, 2.75) is 88.9 Å². The molecule has 7 nitrogen and oxygen atoms in total. The molecule has 3 N–H and O–H groups in total. The van der Waals surface area contributed by atoms with E-state index in [0.717, 1.165) is 37.1 Å². The highest BCUT2D eigenvalue weighted by Gasteiger charge is 2.50. The number of carbonyl (C=O) groups excluding carboxylic acids is 2. The number of amides is 2. The average molecular weight is 447 g/mol. The molecule has 2 saturated heterocycles. The van der Waals surface area contributed by atoms with Gasteiger partial charge in [0.15, 0.2) is 0 Å². The molecule has 0 bridgehead atoms. The van der Waals surface area contributed by atoms with Crippen molar-refractivity contribution in [3.8, 4) is 0 Å². The minimum atomic E-state index is -1.09. The summed E-state index contributed by atoms with van der Waals surface area (Å²) in [5.74, 6) is 2.84. The summed E-state index contributed by atoms with van der Waals surface area (Å²) in [6.07, 6.45) is 11.6. The quantitative estimate of drug-likeness (QED) is 0.612. The van der Waals surface area contributed by atoms with Crippen molar-refractivity contribution in [3.05, 3.63) is 0 Å². The topological polar surface area (TPSA) is 84.9 Å². The van der Waals surface area contributed by atoms with Gasteiger partial charge in [0.1, 0.15) is 5.60 Å². The molecule has 2 heterocycles. The zero-order valence-electron chi connectivity index (χ0n) is 19.7. The van der Waals surface area contributed by atoms with E-state index in [1.165, 1.54) is 38.5 Å². The van der Waals surface area contributed by atoms with Crippen molar-refractivity contribution in [1.29, 1.82) is 0 Å². The predicted molar refractivity (Wildman–Crippen MR) is 123 cm³/mol. The third kappa shape index (κ3) is 4.71. The van der Waals surface area contributed by atoms with Gasteiger partial charge in [-0.1, -0.05) is 0 Å². The van der Waals surface area contributed by atoms with E-state index in [4.69, 9.17) is 0 Å². The second kappa shape index (κ2) is 9.22. The lowest BCUT2D eigenvalue weighted by atomic mass is 9.68. The Morgan fingerprint density at radius 1 is 0.812 bits per heavy atom. The summed E-state index contributed by atoms with van der Waals surface area (Å²) in [7, 11) is 0. The number of piperazine rings is 1. The third-order valence-corrected chi connectivity index (χ3v) is 9.28. The van der Waals surface area contributed by atoms with Gasteiger partial charge in [0, 0.05) is 44.7 Å². The maximum Gasteiger partial charge on any atom is 0.254 e. The Hall–Kier alpha value is -1.18. The normalized spacial score (nSPS) is 39.7. The van der Waals surface area contributed by atoms with Crippen molar-refractivity contribution in [3.63, 3.8) is 0 Å². The summed E-state index contributed by atoms with van der Waals surface area (Å²) < 4.78 is 0. The molecule has 3 saturated carbocycles. The maximum absolute atomic E-state index is 13.1. The average Bonchev–Trinajstić information content (AvgIpc) is 3.44. The number of hydrogen-bond acceptors (Lipinski definition) is 5. The molecule has 5 fully saturated rings. The Morgan fingerprint density at radius 2 is 1.34 bits per heavy atom. The van der Waals surface area contributed by atoms with E-state index in [-0.39, 0.29) is 11.8 Å². The van der Waals surface area contributed by atoms with Crippen LogP contribution in [0.2, 0.25) is 0 Å². The highest BCUT2D eigenvalue weighted by Crippen LogP contribution is 2.42. The first kappa shape index (κ1) is 22.6. The molecule has 7 heteroatoms. The summed E-state index contributed by atoms with van der Waals surface area (Å²) >= 11 is 0. The van der Waals surface area contributed by atoms with Crippen LogP contribution in [0.1, 0.15) is 71.1 Å². The van der Waals surface area contributed by atoms with Crippen LogP contribution in [-0.2, 0) is 9.59 Å². The Balaban J connectivity index is 1.03. The summed E-state index contributed by atoms with van der Waals surface area (Å²) in [6.45, 7) is 5.70. The van der Waals surface area contributed by atoms with E-state index in [2.05, 4.69) is 17.6 Å². The van der Waals surface area contributed by atoms with Crippen molar-refractivity contribution in [1.82, 2.24) is 20.4 Å². The lowest BCUT2D eigenvalue weighted by Crippen LogP contribution is -2.54. The number of nitrogens with one attached hydrogen (secondary N) is 2. The second-order valence-electron chi connectivity index (χ2n) is 11.3. The zero-order valence-corrected chi connectivity index (χ0v) is 19.7. The summed E-state index contributed by atoms with van der Waals surface area (Å²) in [6, 6.07) is 0.655. The molecule has 32 heavy (non-hydrogen) atoms. The zero-order chi connectivity index (χ0) is 22.3. The van der Waals surface area contributed by atoms with E-state index in [0.29, 0.717) is 57.1 Å². The SMILES string of the molecule is CC1NCC(C2CCC(C3CCC(C(=O)N4CCN(C(=O)C5(O)CC5)CC4)CC3)CC2)N1. The highest BCUT2D eigenvalue weighted by atomic mass is 16.3. The Labute approximate surface area is 192 Å². The van der Waals surface area contributed by atoms with Crippen LogP contribution in [0.25, 0.3) is 0 Å². The lowest BCUT2D eigenvalue weighted by molar-refractivity contribution is -0.148. The first-order valence-electron chi connectivity index (χ1n) is 13.2. The van der Waals surface area contributed by atoms with E-state index in [9.17, 15) is 14.7 Å². The minimum absolute atomic E-state index is 0.130. The van der Waals surface area contributed by atoms with Gasteiger partial charge in [-0.25, -0.2) is 0 Å². The van der Waals surface area contributed by atoms with Crippen LogP contribution >= 0.6 is 0 Å². The third-order valence-electron chi connectivity index (χ3n) is 9.28. The summed E-state index contributed by atoms with van der Waals surface area (Å²) in [4.78, 5) is 29.1. The van der Waals surface area contributed by atoms with E-state index >= 15 is 0 Å². The van der Waals surface area contributed by atoms with Gasteiger partial charge in [-0.15, -0.1) is 0 Å². The largest absolute Gasteiger partial charge is 0.380 e. The van der Waals surface area contributed by atoms with Crippen LogP contribution in [0.15, 0.2) is 0 Å². The first-order valence-corrected chi connectivity index (χ1v) is 13.2. The molecular formula is C25H42N4O3. The lowest BCUT2D eigenvalue weighted by Gasteiger charge is -2.41. The molecule has 2 aliphatic heterocycles. The number of nitrogens with zero attached hydrogens (tertiary/aromatic N) is 2. The van der Waals surface area contributed by atoms with Gasteiger partial charge in [0.25, 0.3) is 5.91 Å². The van der Waals surface area contributed by atoms with Gasteiger partial charge >= 0.3 is 0 Å². The molecule has 0 radical (unpaired) electrons. The molecule has 3 aliphatic carbocycles. The van der Waals surface area contributed by atoms with E-state index < -0.39 is 5.60 Å². The fourth-order valence-corrected chi connectivity index (χ4v) is 6.92. The van der Waals surface area contributed by atoms with Gasteiger partial charge in [0.05, 0.1) is 6.17 Å². The number of carbonyl (C=O) groups is 2. The molecule has 0 aromatic heterocycles. The molecule has 2 atom stereocenters. The summed E-state index contributed by atoms with van der Waals surface area (Å²) in [5.41, 5.74) is -1.09. The molecule has 2 amide bonds. The molecule has 0 spiro atoms. The van der Waals surface area contributed by atoms with Gasteiger partial charge in [0.2, 0.25) is 5.91 Å². The number of rotatable bonds is 4. The van der Waals surface area contributed by atoms with Crippen molar-refractivity contribution < 1.29 is 14.7 Å². The number of hydrogen-bond donors (Lipinski definition) is 3. The van der Waals surface area contributed by atoms with Crippen LogP contribution in [0, 0.1) is 23.7 Å². The van der Waals surface area contributed by atoms with Gasteiger partial charge in [-0.3, -0.25) is 14.9 Å². The van der Waals surface area contributed by atoms with Crippen LogP contribution < -0.4 is 10.6 Å². The second-order valence-corrected chi connectivity index (χ2v) is 11.3. The fourth-order valence-electron chi connectivity index (χ4n) is 6.92. The minimum Gasteiger partial charge on any atom is -0.380 e. The van der Waals surface area contributed by atoms with Gasteiger partial charge in [-0.2, -0.15) is 0 Å². The molecule has 2 unspecified atom stereocenters. The predicted octanol–water partition coefficient (Wildman–Crippen LogP) is 1.70. The monoisotopic (exact) mass is 446 g/mol. The smallest absolute Gasteiger partial charge is 0.254 e. The van der Waals surface area contributed by atoms with Crippen LogP contribution in [-0.4, -0.2) is 77.3 Å². The number of aliphatic hydroxyl groups is 1. The first-order chi connectivity index (χ1) is 15.4. The van der Waals surface area contributed by atoms with Crippen LogP contribution in [0.4, 0.5) is 0 Å². The maximum atomic E-state index is 13.1. The molecular weight excluding hydrogens is 404 g/mol. The van der Waals surface area contributed by atoms with Crippen molar-refractivity contribution >= 4 is 11.8 Å². The standard InChI is InChI=1S/C25H42N4O3/c1-17-26-16-22(27-17)20-6-2-18(3-7-20)19-4-8-21(9-5-19)23(30)28-12-14-29(15-13-28)24(31)25(32)10-11-25/h17-22,26-27,32H,2-16H2,1H3. The van der Waals surface area contributed by atoms with Crippen molar-refractivity contribution in [2.75, 3.05) is 32.7 Å². The molecule has 0 aromatic rings. The molecule has 0 aromatic carbocycles.